The summed E-state index contributed by atoms with van der Waals surface area (Å²) in [4.78, 5) is 4.72. The van der Waals surface area contributed by atoms with E-state index in [9.17, 15) is 0 Å². The Kier molecular flexibility index (Phi) is 7.67. The van der Waals surface area contributed by atoms with E-state index in [1.807, 2.05) is 28.8 Å². The molecule has 1 fully saturated rings. The number of hydrogen-bond donors (Lipinski definition) is 2. The lowest BCUT2D eigenvalue weighted by atomic mass is 9.64. The molecule has 144 valence electrons. The van der Waals surface area contributed by atoms with Crippen LogP contribution in [0.25, 0.3) is 5.65 Å². The smallest absolute Gasteiger partial charge is 0.191 e. The van der Waals surface area contributed by atoms with E-state index in [1.165, 1.54) is 25.7 Å². The van der Waals surface area contributed by atoms with Crippen LogP contribution in [0.1, 0.15) is 52.3 Å². The number of hydrogen-bond acceptors (Lipinski definition) is 3. The highest BCUT2D eigenvalue weighted by molar-refractivity contribution is 14.0. The van der Waals surface area contributed by atoms with Crippen LogP contribution in [-0.4, -0.2) is 33.6 Å². The Hall–Kier alpha value is -1.38. The molecule has 2 aromatic rings. The Labute approximate surface area is 173 Å². The van der Waals surface area contributed by atoms with Crippen molar-refractivity contribution in [2.45, 2.75) is 53.0 Å². The van der Waals surface area contributed by atoms with Gasteiger partial charge in [-0.25, -0.2) is 4.99 Å². The van der Waals surface area contributed by atoms with Crippen molar-refractivity contribution >= 4 is 35.6 Å². The first-order valence-electron chi connectivity index (χ1n) is 9.43. The lowest BCUT2D eigenvalue weighted by molar-refractivity contribution is 0.104. The molecule has 0 saturated heterocycles. The predicted molar refractivity (Wildman–Crippen MR) is 117 cm³/mol. The molecule has 2 N–H and O–H groups in total. The number of aliphatic imine (C=N–C) groups is 1. The minimum atomic E-state index is 0. The summed E-state index contributed by atoms with van der Waals surface area (Å²) in [7, 11) is 0. The maximum absolute atomic E-state index is 4.72. The molecule has 1 aliphatic carbocycles. The molecule has 2 aromatic heterocycles. The highest BCUT2D eigenvalue weighted by Crippen LogP contribution is 2.45. The van der Waals surface area contributed by atoms with Crippen molar-refractivity contribution < 1.29 is 0 Å². The second-order valence-electron chi connectivity index (χ2n) is 7.55. The van der Waals surface area contributed by atoms with Gasteiger partial charge in [0.2, 0.25) is 0 Å². The van der Waals surface area contributed by atoms with E-state index in [2.05, 4.69) is 41.6 Å². The fraction of sp³-hybridized carbons (Fsp3) is 0.632. The van der Waals surface area contributed by atoms with E-state index in [1.54, 1.807) is 0 Å². The summed E-state index contributed by atoms with van der Waals surface area (Å²) in [5, 5.41) is 15.3. The van der Waals surface area contributed by atoms with Gasteiger partial charge in [0.25, 0.3) is 0 Å². The molecule has 0 aliphatic heterocycles. The standard InChI is InChI=1S/C19H30N6.HI/c1-4-20-18(22-14-19(9-7-10-19)12-15(2)3)21-13-17-24-23-16-8-5-6-11-25(16)17;/h5-6,8,11,15H,4,7,9-10,12-14H2,1-3H3,(H2,20,21,22);1H. The number of nitrogens with one attached hydrogen (secondary N) is 2. The van der Waals surface area contributed by atoms with Gasteiger partial charge in [0, 0.05) is 19.3 Å². The maximum atomic E-state index is 4.72. The number of aromatic nitrogens is 3. The zero-order valence-electron chi connectivity index (χ0n) is 16.0. The molecule has 0 amide bonds. The lowest BCUT2D eigenvalue weighted by Crippen LogP contribution is -2.47. The molecule has 26 heavy (non-hydrogen) atoms. The monoisotopic (exact) mass is 470 g/mol. The van der Waals surface area contributed by atoms with Crippen molar-refractivity contribution in [3.05, 3.63) is 30.2 Å². The first-order chi connectivity index (χ1) is 12.1. The molecule has 2 heterocycles. The number of halogens is 1. The van der Waals surface area contributed by atoms with Crippen LogP contribution in [0.2, 0.25) is 0 Å². The van der Waals surface area contributed by atoms with Gasteiger partial charge >= 0.3 is 0 Å². The summed E-state index contributed by atoms with van der Waals surface area (Å²) in [6.45, 7) is 9.08. The second kappa shape index (κ2) is 9.53. The molecule has 6 nitrogen and oxygen atoms in total. The third kappa shape index (κ3) is 5.08. The lowest BCUT2D eigenvalue weighted by Gasteiger charge is -2.43. The molecule has 0 unspecified atom stereocenters. The van der Waals surface area contributed by atoms with E-state index in [0.29, 0.717) is 12.0 Å². The Morgan fingerprint density at radius 2 is 2.08 bits per heavy atom. The molecule has 0 aromatic carbocycles. The van der Waals surface area contributed by atoms with Crippen molar-refractivity contribution in [3.63, 3.8) is 0 Å². The largest absolute Gasteiger partial charge is 0.357 e. The third-order valence-electron chi connectivity index (χ3n) is 4.99. The number of pyridine rings is 1. The van der Waals surface area contributed by atoms with Gasteiger partial charge in [-0.2, -0.15) is 0 Å². The molecule has 0 radical (unpaired) electrons. The predicted octanol–water partition coefficient (Wildman–Crippen LogP) is 3.62. The minimum absolute atomic E-state index is 0. The van der Waals surface area contributed by atoms with Gasteiger partial charge in [0.1, 0.15) is 6.54 Å². The molecule has 0 bridgehead atoms. The summed E-state index contributed by atoms with van der Waals surface area (Å²) in [6, 6.07) is 5.91. The van der Waals surface area contributed by atoms with Gasteiger partial charge in [-0.15, -0.1) is 34.2 Å². The van der Waals surface area contributed by atoms with Crippen LogP contribution >= 0.6 is 24.0 Å². The minimum Gasteiger partial charge on any atom is -0.357 e. The Morgan fingerprint density at radius 3 is 2.73 bits per heavy atom. The SMILES string of the molecule is CCNC(=NCc1nnc2ccccn12)NCC1(CC(C)C)CCC1.I. The zero-order valence-corrected chi connectivity index (χ0v) is 18.4. The van der Waals surface area contributed by atoms with Crippen LogP contribution in [0, 0.1) is 11.3 Å². The Bertz CT molecular complexity index is 720. The van der Waals surface area contributed by atoms with Crippen LogP contribution < -0.4 is 10.6 Å². The molecule has 7 heteroatoms. The van der Waals surface area contributed by atoms with Gasteiger partial charge in [0.15, 0.2) is 17.4 Å². The van der Waals surface area contributed by atoms with Crippen LogP contribution in [0.15, 0.2) is 29.4 Å². The molecule has 0 spiro atoms. The van der Waals surface area contributed by atoms with Crippen molar-refractivity contribution in [2.24, 2.45) is 16.3 Å². The number of guanidine groups is 1. The van der Waals surface area contributed by atoms with Gasteiger partial charge in [-0.3, -0.25) is 4.40 Å². The van der Waals surface area contributed by atoms with Crippen molar-refractivity contribution in [1.29, 1.82) is 0 Å². The van der Waals surface area contributed by atoms with Crippen molar-refractivity contribution in [1.82, 2.24) is 25.2 Å². The quantitative estimate of drug-likeness (QED) is 0.369. The fourth-order valence-electron chi connectivity index (χ4n) is 3.76. The topological polar surface area (TPSA) is 66.6 Å². The van der Waals surface area contributed by atoms with E-state index in [4.69, 9.17) is 4.99 Å². The van der Waals surface area contributed by atoms with Gasteiger partial charge in [-0.1, -0.05) is 26.3 Å². The van der Waals surface area contributed by atoms with E-state index in [-0.39, 0.29) is 24.0 Å². The van der Waals surface area contributed by atoms with E-state index in [0.717, 1.165) is 36.4 Å². The number of fused-ring (bicyclic) bond motifs is 1. The van der Waals surface area contributed by atoms with E-state index < -0.39 is 0 Å². The summed E-state index contributed by atoms with van der Waals surface area (Å²) >= 11 is 0. The van der Waals surface area contributed by atoms with Crippen LogP contribution in [0.5, 0.6) is 0 Å². The molecule has 1 saturated carbocycles. The average Bonchev–Trinajstić information content (AvgIpc) is 2.97. The molecular formula is C19H31IN6. The van der Waals surface area contributed by atoms with Gasteiger partial charge in [-0.05, 0) is 49.7 Å². The van der Waals surface area contributed by atoms with Crippen LogP contribution in [0.3, 0.4) is 0 Å². The number of nitrogens with zero attached hydrogens (tertiary/aromatic N) is 4. The normalized spacial score (nSPS) is 16.2. The fourth-order valence-corrected chi connectivity index (χ4v) is 3.76. The Morgan fingerprint density at radius 1 is 1.27 bits per heavy atom. The van der Waals surface area contributed by atoms with Crippen LogP contribution in [0.4, 0.5) is 0 Å². The first-order valence-corrected chi connectivity index (χ1v) is 9.43. The zero-order chi connectivity index (χ0) is 17.7. The third-order valence-corrected chi connectivity index (χ3v) is 4.99. The first kappa shape index (κ1) is 20.9. The number of rotatable bonds is 7. The maximum Gasteiger partial charge on any atom is 0.191 e. The average molecular weight is 470 g/mol. The van der Waals surface area contributed by atoms with Crippen LogP contribution in [-0.2, 0) is 6.54 Å². The highest BCUT2D eigenvalue weighted by Gasteiger charge is 2.37. The van der Waals surface area contributed by atoms with Gasteiger partial charge < -0.3 is 10.6 Å². The molecule has 1 aliphatic rings. The Balaban J connectivity index is 0.00000243. The second-order valence-corrected chi connectivity index (χ2v) is 7.55. The van der Waals surface area contributed by atoms with Crippen molar-refractivity contribution in [3.8, 4) is 0 Å². The summed E-state index contributed by atoms with van der Waals surface area (Å²) in [6.07, 6.45) is 7.27. The highest BCUT2D eigenvalue weighted by atomic mass is 127. The molecule has 0 atom stereocenters. The van der Waals surface area contributed by atoms with Gasteiger partial charge in [0.05, 0.1) is 0 Å². The van der Waals surface area contributed by atoms with E-state index >= 15 is 0 Å². The summed E-state index contributed by atoms with van der Waals surface area (Å²) in [5.74, 6) is 2.46. The summed E-state index contributed by atoms with van der Waals surface area (Å²) in [5.41, 5.74) is 1.31. The molecular weight excluding hydrogens is 439 g/mol. The summed E-state index contributed by atoms with van der Waals surface area (Å²) < 4.78 is 1.99. The van der Waals surface area contributed by atoms with Crippen molar-refractivity contribution in [2.75, 3.05) is 13.1 Å². The molecule has 3 rings (SSSR count).